The Morgan fingerprint density at radius 3 is 1.59 bits per heavy atom. The number of carbonyl (C=O) groups is 4. The van der Waals surface area contributed by atoms with Crippen molar-refractivity contribution < 1.29 is 48.3 Å². The number of rotatable bonds is 12. The lowest BCUT2D eigenvalue weighted by molar-refractivity contribution is -0.173. The summed E-state index contributed by atoms with van der Waals surface area (Å²) in [6.45, 7) is 7.22. The molecule has 0 unspecified atom stereocenters. The summed E-state index contributed by atoms with van der Waals surface area (Å²) in [7, 11) is 0. The van der Waals surface area contributed by atoms with Crippen LogP contribution in [0.15, 0.2) is 72.8 Å². The summed E-state index contributed by atoms with van der Waals surface area (Å²) in [6.07, 6.45) is 10.6. The van der Waals surface area contributed by atoms with Crippen molar-refractivity contribution in [1.82, 2.24) is 0 Å². The van der Waals surface area contributed by atoms with E-state index in [9.17, 15) is 24.3 Å². The van der Waals surface area contributed by atoms with Gasteiger partial charge in [-0.2, -0.15) is 0 Å². The Morgan fingerprint density at radius 2 is 1.17 bits per heavy atom. The summed E-state index contributed by atoms with van der Waals surface area (Å²) in [5.74, 6) is 7.36. The van der Waals surface area contributed by atoms with Crippen LogP contribution in [0.2, 0.25) is 0 Å². The van der Waals surface area contributed by atoms with E-state index in [4.69, 9.17) is 36.9 Å². The molecule has 0 saturated carbocycles. The lowest BCUT2D eigenvalue weighted by Gasteiger charge is -2.25. The minimum Gasteiger partial charge on any atom is -0.465 e. The van der Waals surface area contributed by atoms with Gasteiger partial charge in [0.2, 0.25) is 0 Å². The maximum absolute atomic E-state index is 12.7. The normalized spacial score (nSPS) is 11.9. The second-order valence-electron chi connectivity index (χ2n) is 11.8. The Balaban J connectivity index is 0.000000318. The molecule has 2 N–H and O–H groups in total. The molecular formula is C44H48O10. The molecule has 0 aliphatic heterocycles. The van der Waals surface area contributed by atoms with Crippen LogP contribution >= 0.6 is 0 Å². The topological polar surface area (TPSA) is 146 Å². The maximum Gasteiger partial charge on any atom is 0.325 e. The number of benzene rings is 3. The van der Waals surface area contributed by atoms with E-state index in [-0.39, 0.29) is 65.3 Å². The molecule has 0 fully saturated rings. The molecule has 0 bridgehead atoms. The SMILES string of the molecule is C#CCC(CC#C)(C(=O)OCC)C(=O)OCC.CCOC(=O)C1(C(=O)OCC)Cc2cc(CO)c(-c3ccccc3)cc2C1.OCC#Cc1ccccc1. The summed E-state index contributed by atoms with van der Waals surface area (Å²) in [4.78, 5) is 49.1. The van der Waals surface area contributed by atoms with Gasteiger partial charge in [0.1, 0.15) is 6.61 Å². The number of ether oxygens (including phenoxy) is 4. The van der Waals surface area contributed by atoms with Crippen LogP contribution in [0.3, 0.4) is 0 Å². The van der Waals surface area contributed by atoms with Crippen molar-refractivity contribution in [2.24, 2.45) is 10.8 Å². The largest absolute Gasteiger partial charge is 0.465 e. The Kier molecular flexibility index (Phi) is 18.8. The van der Waals surface area contributed by atoms with E-state index in [0.29, 0.717) is 0 Å². The van der Waals surface area contributed by atoms with E-state index in [2.05, 4.69) is 23.7 Å². The third-order valence-electron chi connectivity index (χ3n) is 8.22. The number of fused-ring (bicyclic) bond motifs is 1. The number of aliphatic hydroxyl groups excluding tert-OH is 2. The molecule has 0 amide bonds. The van der Waals surface area contributed by atoms with Crippen LogP contribution in [0, 0.1) is 47.4 Å². The summed E-state index contributed by atoms with van der Waals surface area (Å²) in [5.41, 5.74) is 2.45. The van der Waals surface area contributed by atoms with Gasteiger partial charge in [0, 0.05) is 18.4 Å². The first-order chi connectivity index (χ1) is 26.1. The first-order valence-electron chi connectivity index (χ1n) is 17.6. The Bertz CT molecular complexity index is 1790. The average molecular weight is 737 g/mol. The van der Waals surface area contributed by atoms with Crippen LogP contribution in [-0.4, -0.2) is 67.1 Å². The highest BCUT2D eigenvalue weighted by atomic mass is 16.6. The van der Waals surface area contributed by atoms with Crippen LogP contribution in [-0.2, 0) is 57.6 Å². The van der Waals surface area contributed by atoms with Gasteiger partial charge in [-0.25, -0.2) is 0 Å². The molecule has 1 aliphatic rings. The fraction of sp³-hybridized carbons (Fsp3) is 0.364. The Morgan fingerprint density at radius 1 is 0.704 bits per heavy atom. The maximum atomic E-state index is 12.7. The van der Waals surface area contributed by atoms with E-state index in [1.807, 2.05) is 72.8 Å². The van der Waals surface area contributed by atoms with Crippen molar-refractivity contribution in [3.8, 4) is 47.7 Å². The van der Waals surface area contributed by atoms with Crippen LogP contribution in [0.5, 0.6) is 0 Å². The monoisotopic (exact) mass is 736 g/mol. The van der Waals surface area contributed by atoms with E-state index >= 15 is 0 Å². The first-order valence-corrected chi connectivity index (χ1v) is 17.6. The molecule has 0 heterocycles. The lowest BCUT2D eigenvalue weighted by atomic mass is 9.81. The molecular weight excluding hydrogens is 688 g/mol. The van der Waals surface area contributed by atoms with Crippen molar-refractivity contribution >= 4 is 23.9 Å². The highest BCUT2D eigenvalue weighted by molar-refractivity contribution is 6.02. The fourth-order valence-electron chi connectivity index (χ4n) is 5.69. The second-order valence-corrected chi connectivity index (χ2v) is 11.8. The summed E-state index contributed by atoms with van der Waals surface area (Å²) >= 11 is 0. The predicted molar refractivity (Wildman–Crippen MR) is 204 cm³/mol. The van der Waals surface area contributed by atoms with Gasteiger partial charge in [-0.05, 0) is 80.5 Å². The number of carbonyl (C=O) groups excluding carboxylic acids is 4. The molecule has 10 nitrogen and oxygen atoms in total. The summed E-state index contributed by atoms with van der Waals surface area (Å²) in [6, 6.07) is 23.2. The molecule has 0 atom stereocenters. The van der Waals surface area contributed by atoms with Crippen molar-refractivity contribution in [3.63, 3.8) is 0 Å². The molecule has 1 aliphatic carbocycles. The zero-order valence-electron chi connectivity index (χ0n) is 31.3. The van der Waals surface area contributed by atoms with Gasteiger partial charge in [0.05, 0.1) is 33.0 Å². The van der Waals surface area contributed by atoms with E-state index < -0.39 is 34.7 Å². The minimum atomic E-state index is -1.57. The predicted octanol–water partition coefficient (Wildman–Crippen LogP) is 5.23. The Hall–Kier alpha value is -5.86. The third-order valence-corrected chi connectivity index (χ3v) is 8.22. The first kappa shape index (κ1) is 44.3. The third kappa shape index (κ3) is 11.6. The number of hydrogen-bond donors (Lipinski definition) is 2. The molecule has 0 saturated heterocycles. The smallest absolute Gasteiger partial charge is 0.325 e. The molecule has 54 heavy (non-hydrogen) atoms. The van der Waals surface area contributed by atoms with Crippen molar-refractivity contribution in [2.75, 3.05) is 33.0 Å². The molecule has 3 aromatic carbocycles. The molecule has 4 rings (SSSR count). The van der Waals surface area contributed by atoms with Crippen LogP contribution in [0.1, 0.15) is 62.8 Å². The van der Waals surface area contributed by atoms with Gasteiger partial charge in [0.25, 0.3) is 0 Å². The van der Waals surface area contributed by atoms with E-state index in [1.54, 1.807) is 27.7 Å². The number of hydrogen-bond acceptors (Lipinski definition) is 10. The highest BCUT2D eigenvalue weighted by Crippen LogP contribution is 2.42. The van der Waals surface area contributed by atoms with E-state index in [1.165, 1.54) is 0 Å². The molecule has 10 heteroatoms. The van der Waals surface area contributed by atoms with Gasteiger partial charge >= 0.3 is 23.9 Å². The van der Waals surface area contributed by atoms with Gasteiger partial charge in [-0.1, -0.05) is 72.5 Å². The van der Waals surface area contributed by atoms with Crippen molar-refractivity contribution in [1.29, 1.82) is 0 Å². The second kappa shape index (κ2) is 22.9. The van der Waals surface area contributed by atoms with Gasteiger partial charge in [-0.15, -0.1) is 24.7 Å². The zero-order chi connectivity index (χ0) is 40.0. The van der Waals surface area contributed by atoms with Gasteiger partial charge < -0.3 is 29.2 Å². The fourth-order valence-corrected chi connectivity index (χ4v) is 5.69. The highest BCUT2D eigenvalue weighted by Gasteiger charge is 2.53. The number of aliphatic hydroxyl groups is 2. The molecule has 284 valence electrons. The van der Waals surface area contributed by atoms with Crippen LogP contribution in [0.25, 0.3) is 11.1 Å². The Labute approximate surface area is 318 Å². The number of terminal acetylenes is 2. The van der Waals surface area contributed by atoms with Crippen LogP contribution < -0.4 is 0 Å². The van der Waals surface area contributed by atoms with Gasteiger partial charge in [-0.3, -0.25) is 19.2 Å². The minimum absolute atomic E-state index is 0.0745. The number of esters is 4. The van der Waals surface area contributed by atoms with Crippen LogP contribution in [0.4, 0.5) is 0 Å². The van der Waals surface area contributed by atoms with E-state index in [0.717, 1.165) is 33.4 Å². The quantitative estimate of drug-likeness (QED) is 0.110. The van der Waals surface area contributed by atoms with Gasteiger partial charge in [0.15, 0.2) is 10.8 Å². The molecule has 0 aromatic heterocycles. The average Bonchev–Trinajstić information content (AvgIpc) is 3.58. The zero-order valence-corrected chi connectivity index (χ0v) is 31.3. The standard InChI is InChI=1S/C22H24O5.C13H16O4.C9H8O/c1-3-26-20(24)22(21(25)27-4-2)12-16-10-18(14-23)19(11-17(16)13-22)15-8-6-5-7-9-15;1-5-9-13(10-6-2,11(14)16-7-3)12(15)17-8-4;10-8-4-7-9-5-2-1-3-6-9/h5-11,23H,3-4,12-14H2,1-2H3;1-2H,7-10H2,3-4H3;1-3,5-6,10H,8H2. The molecule has 0 radical (unpaired) electrons. The molecule has 3 aromatic rings. The summed E-state index contributed by atoms with van der Waals surface area (Å²) in [5, 5.41) is 18.2. The lowest BCUT2D eigenvalue weighted by Crippen LogP contribution is -2.43. The summed E-state index contributed by atoms with van der Waals surface area (Å²) < 4.78 is 20.1. The van der Waals surface area contributed by atoms with Crippen molar-refractivity contribution in [3.05, 3.63) is 95.1 Å². The van der Waals surface area contributed by atoms with Crippen molar-refractivity contribution in [2.45, 2.75) is 60.0 Å². The molecule has 0 spiro atoms.